The average molecular weight is 333 g/mol. The number of carbonyl (C=O) groups is 1. The Kier molecular flexibility index (Phi) is 4.39. The van der Waals surface area contributed by atoms with Crippen LogP contribution in [0.25, 0.3) is 21.9 Å². The molecule has 0 bridgehead atoms. The normalized spacial score (nSPS) is 10.5. The van der Waals surface area contributed by atoms with E-state index >= 15 is 0 Å². The molecule has 0 aliphatic rings. The van der Waals surface area contributed by atoms with Crippen LogP contribution in [-0.2, 0) is 0 Å². The third-order valence-corrected chi connectivity index (χ3v) is 4.08. The van der Waals surface area contributed by atoms with Crippen LogP contribution in [0.15, 0.2) is 59.6 Å². The number of guanidine groups is 1. The predicted molar refractivity (Wildman–Crippen MR) is 101 cm³/mol. The number of hydrogen-bond donors (Lipinski definition) is 2. The maximum Gasteiger partial charge on any atom is 0.280 e. The monoisotopic (exact) mass is 333 g/mol. The van der Waals surface area contributed by atoms with Crippen LogP contribution in [0.3, 0.4) is 0 Å². The van der Waals surface area contributed by atoms with Crippen LogP contribution in [0.5, 0.6) is 5.75 Å². The number of rotatable bonds is 3. The maximum absolute atomic E-state index is 12.1. The molecule has 1 amide bonds. The Morgan fingerprint density at radius 3 is 2.48 bits per heavy atom. The van der Waals surface area contributed by atoms with E-state index in [1.807, 2.05) is 55.5 Å². The SMILES string of the molecule is COc1ccc(-c2cccc3ccc(C(=O)N=C(N)N)cc23)c(C)c1. The number of nitrogens with two attached hydrogens (primary N) is 2. The molecule has 0 aliphatic heterocycles. The zero-order valence-corrected chi connectivity index (χ0v) is 14.1. The smallest absolute Gasteiger partial charge is 0.280 e. The quantitative estimate of drug-likeness (QED) is 0.568. The largest absolute Gasteiger partial charge is 0.497 e. The summed E-state index contributed by atoms with van der Waals surface area (Å²) in [6.45, 7) is 2.03. The molecule has 25 heavy (non-hydrogen) atoms. The number of fused-ring (bicyclic) bond motifs is 1. The Bertz CT molecular complexity index is 989. The van der Waals surface area contributed by atoms with Crippen molar-refractivity contribution in [2.45, 2.75) is 6.92 Å². The first-order valence-corrected chi connectivity index (χ1v) is 7.81. The lowest BCUT2D eigenvalue weighted by molar-refractivity contribution is 0.100. The van der Waals surface area contributed by atoms with Gasteiger partial charge in [0, 0.05) is 5.56 Å². The first-order valence-electron chi connectivity index (χ1n) is 7.81. The third-order valence-electron chi connectivity index (χ3n) is 4.08. The molecule has 0 fully saturated rings. The van der Waals surface area contributed by atoms with Crippen LogP contribution in [0, 0.1) is 6.92 Å². The van der Waals surface area contributed by atoms with E-state index in [4.69, 9.17) is 16.2 Å². The Morgan fingerprint density at radius 1 is 1.00 bits per heavy atom. The highest BCUT2D eigenvalue weighted by Crippen LogP contribution is 2.33. The second kappa shape index (κ2) is 6.65. The van der Waals surface area contributed by atoms with E-state index < -0.39 is 5.91 Å². The summed E-state index contributed by atoms with van der Waals surface area (Å²) in [5.41, 5.74) is 14.3. The van der Waals surface area contributed by atoms with Crippen LogP contribution in [-0.4, -0.2) is 19.0 Å². The zero-order chi connectivity index (χ0) is 18.0. The van der Waals surface area contributed by atoms with Gasteiger partial charge in [0.15, 0.2) is 5.96 Å². The van der Waals surface area contributed by atoms with E-state index in [1.54, 1.807) is 13.2 Å². The molecule has 0 saturated carbocycles. The first kappa shape index (κ1) is 16.5. The molecule has 3 aromatic rings. The highest BCUT2D eigenvalue weighted by atomic mass is 16.5. The Labute approximate surface area is 145 Å². The minimum absolute atomic E-state index is 0.246. The van der Waals surface area contributed by atoms with Gasteiger partial charge in [0.05, 0.1) is 7.11 Å². The lowest BCUT2D eigenvalue weighted by atomic mass is 9.94. The lowest BCUT2D eigenvalue weighted by Crippen LogP contribution is -2.24. The third kappa shape index (κ3) is 3.30. The van der Waals surface area contributed by atoms with Crippen molar-refractivity contribution in [1.29, 1.82) is 0 Å². The molecular formula is C20H19N3O2. The summed E-state index contributed by atoms with van der Waals surface area (Å²) >= 11 is 0. The summed E-state index contributed by atoms with van der Waals surface area (Å²) in [5.74, 6) is 0.109. The van der Waals surface area contributed by atoms with Crippen LogP contribution in [0.4, 0.5) is 0 Å². The molecule has 3 aromatic carbocycles. The van der Waals surface area contributed by atoms with Gasteiger partial charge in [-0.15, -0.1) is 0 Å². The van der Waals surface area contributed by atoms with E-state index in [1.165, 1.54) is 0 Å². The van der Waals surface area contributed by atoms with Crippen LogP contribution < -0.4 is 16.2 Å². The molecule has 0 aromatic heterocycles. The second-order valence-electron chi connectivity index (χ2n) is 5.76. The Hall–Kier alpha value is -3.34. The molecule has 0 radical (unpaired) electrons. The van der Waals surface area contributed by atoms with Crippen molar-refractivity contribution in [1.82, 2.24) is 0 Å². The fraction of sp³-hybridized carbons (Fsp3) is 0.100. The highest BCUT2D eigenvalue weighted by molar-refractivity contribution is 6.06. The molecular weight excluding hydrogens is 314 g/mol. The molecule has 5 heteroatoms. The molecule has 0 heterocycles. The Balaban J connectivity index is 2.19. The van der Waals surface area contributed by atoms with Gasteiger partial charge in [0.2, 0.25) is 0 Å². The van der Waals surface area contributed by atoms with Crippen molar-refractivity contribution in [2.24, 2.45) is 16.5 Å². The summed E-state index contributed by atoms with van der Waals surface area (Å²) in [6, 6.07) is 17.4. The van der Waals surface area contributed by atoms with Crippen molar-refractivity contribution in [2.75, 3.05) is 7.11 Å². The number of nitrogens with zero attached hydrogens (tertiary/aromatic N) is 1. The average Bonchev–Trinajstić information content (AvgIpc) is 2.60. The highest BCUT2D eigenvalue weighted by Gasteiger charge is 2.11. The molecule has 126 valence electrons. The minimum atomic E-state index is -0.455. The number of aryl methyl sites for hydroxylation is 1. The maximum atomic E-state index is 12.1. The van der Waals surface area contributed by atoms with Crippen LogP contribution in [0.1, 0.15) is 15.9 Å². The minimum Gasteiger partial charge on any atom is -0.497 e. The van der Waals surface area contributed by atoms with Gasteiger partial charge in [-0.05, 0) is 58.7 Å². The standard InChI is InChI=1S/C20H19N3O2/c1-12-10-15(25-2)8-9-16(12)17-5-3-4-13-6-7-14(11-18(13)17)19(24)23-20(21)22/h3-11H,1-2H3,(H4,21,22,23,24). The Morgan fingerprint density at radius 2 is 1.80 bits per heavy atom. The van der Waals surface area contributed by atoms with Crippen LogP contribution in [0.2, 0.25) is 0 Å². The molecule has 0 spiro atoms. The van der Waals surface area contributed by atoms with Gasteiger partial charge in [-0.3, -0.25) is 4.79 Å². The fourth-order valence-corrected chi connectivity index (χ4v) is 2.89. The van der Waals surface area contributed by atoms with Gasteiger partial charge >= 0.3 is 0 Å². The van der Waals surface area contributed by atoms with E-state index in [9.17, 15) is 4.79 Å². The van der Waals surface area contributed by atoms with Crippen molar-refractivity contribution in [3.63, 3.8) is 0 Å². The van der Waals surface area contributed by atoms with E-state index in [0.717, 1.165) is 33.2 Å². The van der Waals surface area contributed by atoms with Gasteiger partial charge < -0.3 is 16.2 Å². The molecule has 5 nitrogen and oxygen atoms in total. The molecule has 0 unspecified atom stereocenters. The van der Waals surface area contributed by atoms with Crippen molar-refractivity contribution >= 4 is 22.6 Å². The van der Waals surface area contributed by atoms with Crippen molar-refractivity contribution in [3.8, 4) is 16.9 Å². The molecule has 3 rings (SSSR count). The van der Waals surface area contributed by atoms with Gasteiger partial charge in [-0.2, -0.15) is 4.99 Å². The number of amides is 1. The van der Waals surface area contributed by atoms with Gasteiger partial charge in [-0.25, -0.2) is 0 Å². The number of ether oxygens (including phenoxy) is 1. The van der Waals surface area contributed by atoms with E-state index in [0.29, 0.717) is 5.56 Å². The predicted octanol–water partition coefficient (Wildman–Crippen LogP) is 3.24. The molecule has 0 aliphatic carbocycles. The lowest BCUT2D eigenvalue weighted by Gasteiger charge is -2.12. The number of aliphatic imine (C=N–C) groups is 1. The zero-order valence-electron chi connectivity index (χ0n) is 14.1. The fourth-order valence-electron chi connectivity index (χ4n) is 2.89. The van der Waals surface area contributed by atoms with E-state index in [-0.39, 0.29) is 5.96 Å². The van der Waals surface area contributed by atoms with Crippen molar-refractivity contribution in [3.05, 3.63) is 65.7 Å². The summed E-state index contributed by atoms with van der Waals surface area (Å²) in [6.07, 6.45) is 0. The summed E-state index contributed by atoms with van der Waals surface area (Å²) in [5, 5.41) is 2.00. The van der Waals surface area contributed by atoms with E-state index in [2.05, 4.69) is 4.99 Å². The van der Waals surface area contributed by atoms with Gasteiger partial charge in [0.1, 0.15) is 5.75 Å². The number of benzene rings is 3. The number of hydrogen-bond acceptors (Lipinski definition) is 2. The van der Waals surface area contributed by atoms with Crippen molar-refractivity contribution < 1.29 is 9.53 Å². The van der Waals surface area contributed by atoms with Gasteiger partial charge in [-0.1, -0.05) is 30.3 Å². The number of methoxy groups -OCH3 is 1. The summed E-state index contributed by atoms with van der Waals surface area (Å²) < 4.78 is 5.28. The van der Waals surface area contributed by atoms with Gasteiger partial charge in [0.25, 0.3) is 5.91 Å². The summed E-state index contributed by atoms with van der Waals surface area (Å²) in [4.78, 5) is 15.7. The second-order valence-corrected chi connectivity index (χ2v) is 5.76. The molecule has 0 saturated heterocycles. The first-order chi connectivity index (χ1) is 12.0. The molecule has 4 N–H and O–H groups in total. The molecule has 0 atom stereocenters. The van der Waals surface area contributed by atoms with Crippen LogP contribution >= 0.6 is 0 Å². The number of carbonyl (C=O) groups excluding carboxylic acids is 1. The summed E-state index contributed by atoms with van der Waals surface area (Å²) in [7, 11) is 1.65. The topological polar surface area (TPSA) is 90.7 Å².